The van der Waals surface area contributed by atoms with Crippen LogP contribution in [0.4, 0.5) is 8.78 Å². The molecule has 0 heterocycles. The minimum Gasteiger partial charge on any atom is -0.206 e. The van der Waals surface area contributed by atoms with Gasteiger partial charge in [0, 0.05) is 17.9 Å². The van der Waals surface area contributed by atoms with Crippen LogP contribution in [0.5, 0.6) is 0 Å². The van der Waals surface area contributed by atoms with Crippen molar-refractivity contribution in [1.29, 1.82) is 0 Å². The van der Waals surface area contributed by atoms with Crippen molar-refractivity contribution in [3.05, 3.63) is 47.5 Å². The highest BCUT2D eigenvalue weighted by molar-refractivity contribution is 6.30. The van der Waals surface area contributed by atoms with Gasteiger partial charge in [-0.1, -0.05) is 29.8 Å². The van der Waals surface area contributed by atoms with Crippen LogP contribution in [0, 0.1) is 0 Å². The average molecular weight is 217 g/mol. The molecule has 0 aliphatic heterocycles. The highest BCUT2D eigenvalue weighted by Gasteiger charge is 2.26. The largest absolute Gasteiger partial charge is 0.255 e. The van der Waals surface area contributed by atoms with Gasteiger partial charge in [-0.05, 0) is 17.7 Å². The van der Waals surface area contributed by atoms with E-state index in [1.54, 1.807) is 24.3 Å². The van der Waals surface area contributed by atoms with E-state index in [2.05, 4.69) is 6.58 Å². The van der Waals surface area contributed by atoms with Gasteiger partial charge < -0.3 is 0 Å². The Balaban J connectivity index is 2.68. The maximum atomic E-state index is 13.1. The first-order chi connectivity index (χ1) is 6.53. The predicted molar refractivity (Wildman–Crippen MR) is 54.9 cm³/mol. The van der Waals surface area contributed by atoms with E-state index >= 15 is 0 Å². The van der Waals surface area contributed by atoms with Crippen molar-refractivity contribution in [3.63, 3.8) is 0 Å². The Hall–Kier alpha value is -0.890. The summed E-state index contributed by atoms with van der Waals surface area (Å²) in [6.45, 7) is 3.30. The van der Waals surface area contributed by atoms with Crippen molar-refractivity contribution >= 4 is 11.6 Å². The summed E-state index contributed by atoms with van der Waals surface area (Å²) in [4.78, 5) is 0. The summed E-state index contributed by atoms with van der Waals surface area (Å²) in [5.74, 6) is -2.71. The second-order valence-corrected chi connectivity index (χ2v) is 3.59. The fourth-order valence-corrected chi connectivity index (χ4v) is 1.31. The lowest BCUT2D eigenvalue weighted by Crippen LogP contribution is -2.18. The zero-order valence-corrected chi connectivity index (χ0v) is 8.40. The number of halogens is 3. The molecule has 0 saturated carbocycles. The molecule has 0 aromatic heterocycles. The SMILES string of the molecule is C=CCC(F)(F)Cc1ccc(Cl)cc1. The van der Waals surface area contributed by atoms with Gasteiger partial charge in [-0.15, -0.1) is 6.58 Å². The first kappa shape index (κ1) is 11.2. The maximum Gasteiger partial charge on any atom is 0.255 e. The van der Waals surface area contributed by atoms with Crippen LogP contribution in [-0.4, -0.2) is 5.92 Å². The molecule has 0 nitrogen and oxygen atoms in total. The molecule has 0 unspecified atom stereocenters. The standard InChI is InChI=1S/C11H11ClF2/c1-2-7-11(13,14)8-9-3-5-10(12)6-4-9/h2-6H,1,7-8H2. The molecule has 14 heavy (non-hydrogen) atoms. The fraction of sp³-hybridized carbons (Fsp3) is 0.273. The molecule has 1 aromatic carbocycles. The number of hydrogen-bond acceptors (Lipinski definition) is 0. The van der Waals surface area contributed by atoms with Crippen LogP contribution in [0.25, 0.3) is 0 Å². The lowest BCUT2D eigenvalue weighted by Gasteiger charge is -2.13. The Kier molecular flexibility index (Phi) is 3.64. The third-order valence-corrected chi connectivity index (χ3v) is 2.07. The van der Waals surface area contributed by atoms with Crippen LogP contribution in [0.1, 0.15) is 12.0 Å². The number of rotatable bonds is 4. The lowest BCUT2D eigenvalue weighted by atomic mass is 10.1. The Bertz CT molecular complexity index is 304. The van der Waals surface area contributed by atoms with Gasteiger partial charge in [0.2, 0.25) is 0 Å². The average Bonchev–Trinajstić information content (AvgIpc) is 2.08. The van der Waals surface area contributed by atoms with Crippen molar-refractivity contribution in [1.82, 2.24) is 0 Å². The van der Waals surface area contributed by atoms with Gasteiger partial charge in [0.1, 0.15) is 0 Å². The quantitative estimate of drug-likeness (QED) is 0.665. The van der Waals surface area contributed by atoms with E-state index in [0.29, 0.717) is 10.6 Å². The smallest absolute Gasteiger partial charge is 0.206 e. The minimum absolute atomic E-state index is 0.268. The Labute approximate surface area is 87.2 Å². The molecule has 0 bridgehead atoms. The van der Waals surface area contributed by atoms with Crippen molar-refractivity contribution in [2.75, 3.05) is 0 Å². The number of alkyl halides is 2. The first-order valence-corrected chi connectivity index (χ1v) is 4.64. The predicted octanol–water partition coefficient (Wildman–Crippen LogP) is 4.09. The van der Waals surface area contributed by atoms with E-state index in [1.807, 2.05) is 0 Å². The molecule has 0 atom stereocenters. The molecule has 1 rings (SSSR count). The van der Waals surface area contributed by atoms with Crippen molar-refractivity contribution in [2.45, 2.75) is 18.8 Å². The minimum atomic E-state index is -2.71. The Morgan fingerprint density at radius 3 is 2.36 bits per heavy atom. The molecule has 0 saturated heterocycles. The summed E-state index contributed by atoms with van der Waals surface area (Å²) < 4.78 is 26.2. The zero-order valence-electron chi connectivity index (χ0n) is 7.64. The van der Waals surface area contributed by atoms with Crippen LogP contribution >= 0.6 is 11.6 Å². The molecular weight excluding hydrogens is 206 g/mol. The van der Waals surface area contributed by atoms with Crippen molar-refractivity contribution < 1.29 is 8.78 Å². The maximum absolute atomic E-state index is 13.1. The second-order valence-electron chi connectivity index (χ2n) is 3.15. The van der Waals surface area contributed by atoms with Crippen LogP contribution in [0.2, 0.25) is 5.02 Å². The summed E-state index contributed by atoms with van der Waals surface area (Å²) in [5.41, 5.74) is 0.584. The molecule has 0 N–H and O–H groups in total. The molecule has 0 aliphatic rings. The highest BCUT2D eigenvalue weighted by atomic mass is 35.5. The van der Waals surface area contributed by atoms with E-state index < -0.39 is 5.92 Å². The van der Waals surface area contributed by atoms with Crippen LogP contribution in [0.3, 0.4) is 0 Å². The topological polar surface area (TPSA) is 0 Å². The fourth-order valence-electron chi connectivity index (χ4n) is 1.18. The molecule has 0 amide bonds. The van der Waals surface area contributed by atoms with E-state index in [1.165, 1.54) is 6.08 Å². The van der Waals surface area contributed by atoms with Gasteiger partial charge in [-0.2, -0.15) is 0 Å². The first-order valence-electron chi connectivity index (χ1n) is 4.27. The molecule has 1 aromatic rings. The van der Waals surface area contributed by atoms with Crippen molar-refractivity contribution in [3.8, 4) is 0 Å². The Morgan fingerprint density at radius 1 is 1.29 bits per heavy atom. The molecular formula is C11H11ClF2. The van der Waals surface area contributed by atoms with E-state index in [9.17, 15) is 8.78 Å². The second kappa shape index (κ2) is 4.56. The number of benzene rings is 1. The summed E-state index contributed by atoms with van der Waals surface area (Å²) in [7, 11) is 0. The van der Waals surface area contributed by atoms with E-state index in [-0.39, 0.29) is 12.8 Å². The van der Waals surface area contributed by atoms with E-state index in [0.717, 1.165) is 0 Å². The summed E-state index contributed by atoms with van der Waals surface area (Å²) in [6.07, 6.45) is 0.668. The van der Waals surface area contributed by atoms with Crippen molar-refractivity contribution in [2.24, 2.45) is 0 Å². The number of hydrogen-bond donors (Lipinski definition) is 0. The van der Waals surface area contributed by atoms with Gasteiger partial charge in [-0.25, -0.2) is 8.78 Å². The zero-order chi connectivity index (χ0) is 10.6. The lowest BCUT2D eigenvalue weighted by molar-refractivity contribution is 0.00499. The monoisotopic (exact) mass is 216 g/mol. The molecule has 0 radical (unpaired) electrons. The van der Waals surface area contributed by atoms with Gasteiger partial charge >= 0.3 is 0 Å². The third kappa shape index (κ3) is 3.46. The summed E-state index contributed by atoms with van der Waals surface area (Å²) in [5, 5.41) is 0.556. The molecule has 0 aliphatic carbocycles. The van der Waals surface area contributed by atoms with Crippen LogP contribution in [0.15, 0.2) is 36.9 Å². The van der Waals surface area contributed by atoms with Gasteiger partial charge in [0.25, 0.3) is 5.92 Å². The summed E-state index contributed by atoms with van der Waals surface area (Å²) >= 11 is 5.64. The van der Waals surface area contributed by atoms with Gasteiger partial charge in [0.05, 0.1) is 0 Å². The van der Waals surface area contributed by atoms with Gasteiger partial charge in [-0.3, -0.25) is 0 Å². The molecule has 0 spiro atoms. The number of allylic oxidation sites excluding steroid dienone is 1. The molecule has 76 valence electrons. The van der Waals surface area contributed by atoms with Gasteiger partial charge in [0.15, 0.2) is 0 Å². The molecule has 3 heteroatoms. The van der Waals surface area contributed by atoms with E-state index in [4.69, 9.17) is 11.6 Å². The normalized spacial score (nSPS) is 11.4. The van der Waals surface area contributed by atoms with Crippen LogP contribution in [-0.2, 0) is 6.42 Å². The van der Waals surface area contributed by atoms with Crippen LogP contribution < -0.4 is 0 Å². The Morgan fingerprint density at radius 2 is 1.86 bits per heavy atom. The highest BCUT2D eigenvalue weighted by Crippen LogP contribution is 2.24. The molecule has 0 fully saturated rings. The third-order valence-electron chi connectivity index (χ3n) is 1.82. The summed E-state index contributed by atoms with van der Waals surface area (Å²) in [6, 6.07) is 6.44.